The Balaban J connectivity index is 0.000000512. The molecule has 0 aliphatic carbocycles. The highest BCUT2D eigenvalue weighted by molar-refractivity contribution is 5.89. The third kappa shape index (κ3) is 10.7. The number of aliphatic hydroxyl groups excluding tert-OH is 1. The van der Waals surface area contributed by atoms with Gasteiger partial charge in [-0.05, 0) is 36.6 Å². The predicted molar refractivity (Wildman–Crippen MR) is 115 cm³/mol. The zero-order valence-corrected chi connectivity index (χ0v) is 17.4. The Morgan fingerprint density at radius 1 is 0.968 bits per heavy atom. The molecule has 2 rings (SSSR count). The zero-order valence-electron chi connectivity index (χ0n) is 17.4. The molecule has 2 atom stereocenters. The van der Waals surface area contributed by atoms with Gasteiger partial charge in [-0.2, -0.15) is 0 Å². The minimum atomic E-state index is -1.26. The number of carboxylic acid groups (broad SMARTS) is 2. The summed E-state index contributed by atoms with van der Waals surface area (Å²) in [5.74, 6) is -2.84. The molecule has 0 saturated carbocycles. The molecule has 0 spiro atoms. The van der Waals surface area contributed by atoms with Gasteiger partial charge in [-0.3, -0.25) is 0 Å². The number of carboxylic acids is 2. The van der Waals surface area contributed by atoms with Gasteiger partial charge in [-0.1, -0.05) is 42.5 Å². The summed E-state index contributed by atoms with van der Waals surface area (Å²) in [4.78, 5) is 30.5. The minimum absolute atomic E-state index is 0.220. The van der Waals surface area contributed by atoms with Crippen LogP contribution < -0.4 is 5.32 Å². The topological polar surface area (TPSA) is 133 Å². The Bertz CT molecular complexity index is 847. The normalized spacial score (nSPS) is 12.4. The van der Waals surface area contributed by atoms with E-state index < -0.39 is 18.0 Å². The predicted octanol–water partition coefficient (Wildman–Crippen LogP) is 2.44. The number of benzene rings is 2. The van der Waals surface area contributed by atoms with Crippen molar-refractivity contribution in [1.29, 1.82) is 0 Å². The largest absolute Gasteiger partial charge is 0.478 e. The number of hydrogen-bond acceptors (Lipinski definition) is 6. The van der Waals surface area contributed by atoms with E-state index in [1.165, 1.54) is 7.11 Å². The number of carbonyl (C=O) groups excluding carboxylic acids is 1. The van der Waals surface area contributed by atoms with Crippen molar-refractivity contribution in [2.75, 3.05) is 13.7 Å². The van der Waals surface area contributed by atoms with Crippen molar-refractivity contribution in [3.63, 3.8) is 0 Å². The summed E-state index contributed by atoms with van der Waals surface area (Å²) in [6.45, 7) is 2.58. The first kappa shape index (κ1) is 25.5. The van der Waals surface area contributed by atoms with E-state index in [1.807, 2.05) is 42.5 Å². The van der Waals surface area contributed by atoms with Gasteiger partial charge in [0.2, 0.25) is 0 Å². The molecule has 2 aromatic carbocycles. The number of rotatable bonds is 9. The van der Waals surface area contributed by atoms with Gasteiger partial charge < -0.3 is 25.4 Å². The Labute approximate surface area is 180 Å². The van der Waals surface area contributed by atoms with Gasteiger partial charge in [0.15, 0.2) is 0 Å². The van der Waals surface area contributed by atoms with Crippen LogP contribution in [0, 0.1) is 0 Å². The number of nitrogens with one attached hydrogen (secondary N) is 1. The maximum atomic E-state index is 11.4. The molecule has 31 heavy (non-hydrogen) atoms. The van der Waals surface area contributed by atoms with Crippen molar-refractivity contribution < 1.29 is 34.4 Å². The maximum Gasteiger partial charge on any atom is 0.337 e. The molecule has 0 aromatic heterocycles. The van der Waals surface area contributed by atoms with E-state index in [1.54, 1.807) is 12.1 Å². The van der Waals surface area contributed by atoms with E-state index >= 15 is 0 Å². The van der Waals surface area contributed by atoms with Gasteiger partial charge in [0, 0.05) is 24.7 Å². The van der Waals surface area contributed by atoms with Crippen LogP contribution >= 0.6 is 0 Å². The molecule has 0 radical (unpaired) electrons. The van der Waals surface area contributed by atoms with Crippen molar-refractivity contribution in [3.8, 4) is 0 Å². The average molecular weight is 429 g/mol. The van der Waals surface area contributed by atoms with Crippen LogP contribution in [0.1, 0.15) is 34.5 Å². The van der Waals surface area contributed by atoms with Gasteiger partial charge in [0.05, 0.1) is 18.8 Å². The molecule has 0 fully saturated rings. The van der Waals surface area contributed by atoms with E-state index in [4.69, 9.17) is 10.2 Å². The van der Waals surface area contributed by atoms with E-state index in [-0.39, 0.29) is 12.0 Å². The highest BCUT2D eigenvalue weighted by Gasteiger charge is 2.10. The van der Waals surface area contributed by atoms with Gasteiger partial charge in [-0.25, -0.2) is 14.4 Å². The minimum Gasteiger partial charge on any atom is -0.478 e. The fourth-order valence-corrected chi connectivity index (χ4v) is 2.57. The number of aliphatic carboxylic acids is 2. The van der Waals surface area contributed by atoms with Crippen molar-refractivity contribution in [2.45, 2.75) is 25.5 Å². The Morgan fingerprint density at radius 2 is 1.52 bits per heavy atom. The number of esters is 1. The van der Waals surface area contributed by atoms with Gasteiger partial charge >= 0.3 is 17.9 Å². The molecule has 0 saturated heterocycles. The summed E-state index contributed by atoms with van der Waals surface area (Å²) in [5, 5.41) is 29.1. The lowest BCUT2D eigenvalue weighted by atomic mass is 10.0. The number of hydrogen-bond donors (Lipinski definition) is 4. The van der Waals surface area contributed by atoms with Crippen LogP contribution in [-0.2, 0) is 20.7 Å². The molecular formula is C23H27NO7. The molecule has 8 heteroatoms. The second-order valence-electron chi connectivity index (χ2n) is 6.64. The second-order valence-corrected chi connectivity index (χ2v) is 6.64. The standard InChI is InChI=1S/C19H23NO3.C4H4O4/c1-14(20-13-18(21)16-6-4-3-5-7-16)12-15-8-10-17(11-9-15)19(22)23-2;5-3(6)1-2-4(7)8/h3-11,14,18,20-21H,12-13H2,1-2H3;1-2H,(H,5,6)(H,7,8)/b;2-1+. The van der Waals surface area contributed by atoms with Crippen LogP contribution in [0.2, 0.25) is 0 Å². The molecule has 2 unspecified atom stereocenters. The molecule has 2 aromatic rings. The van der Waals surface area contributed by atoms with Crippen LogP contribution in [0.4, 0.5) is 0 Å². The SMILES string of the molecule is COC(=O)c1ccc(CC(C)NCC(O)c2ccccc2)cc1.O=C(O)/C=C/C(=O)O. The third-order valence-electron chi connectivity index (χ3n) is 4.13. The fourth-order valence-electron chi connectivity index (χ4n) is 2.57. The smallest absolute Gasteiger partial charge is 0.337 e. The zero-order chi connectivity index (χ0) is 23.2. The summed E-state index contributed by atoms with van der Waals surface area (Å²) < 4.78 is 4.69. The van der Waals surface area contributed by atoms with E-state index in [0.29, 0.717) is 24.3 Å². The molecule has 0 bridgehead atoms. The number of aliphatic hydroxyl groups is 1. The summed E-state index contributed by atoms with van der Waals surface area (Å²) in [7, 11) is 1.38. The van der Waals surface area contributed by atoms with E-state index in [0.717, 1.165) is 17.5 Å². The van der Waals surface area contributed by atoms with E-state index in [9.17, 15) is 19.5 Å². The summed E-state index contributed by atoms with van der Waals surface area (Å²) in [6, 6.07) is 17.2. The van der Waals surface area contributed by atoms with Crippen molar-refractivity contribution in [2.24, 2.45) is 0 Å². The lowest BCUT2D eigenvalue weighted by molar-refractivity contribution is -0.134. The van der Waals surface area contributed by atoms with E-state index in [2.05, 4.69) is 17.0 Å². The van der Waals surface area contributed by atoms with Gasteiger partial charge in [-0.15, -0.1) is 0 Å². The number of ether oxygens (including phenoxy) is 1. The fraction of sp³-hybridized carbons (Fsp3) is 0.261. The Kier molecular flexibility index (Phi) is 11.3. The van der Waals surface area contributed by atoms with Crippen molar-refractivity contribution in [3.05, 3.63) is 83.4 Å². The van der Waals surface area contributed by atoms with Crippen LogP contribution in [0.3, 0.4) is 0 Å². The van der Waals surface area contributed by atoms with Crippen molar-refractivity contribution in [1.82, 2.24) is 5.32 Å². The highest BCUT2D eigenvalue weighted by atomic mass is 16.5. The Morgan fingerprint density at radius 3 is 2.00 bits per heavy atom. The summed E-state index contributed by atoms with van der Waals surface area (Å²) in [6.07, 6.45) is 1.42. The molecule has 166 valence electrons. The Hall–Kier alpha value is -3.49. The number of methoxy groups -OCH3 is 1. The average Bonchev–Trinajstić information content (AvgIpc) is 2.77. The molecule has 0 heterocycles. The van der Waals surface area contributed by atoms with Crippen LogP contribution in [0.25, 0.3) is 0 Å². The first-order valence-corrected chi connectivity index (χ1v) is 9.50. The maximum absolute atomic E-state index is 11.4. The lowest BCUT2D eigenvalue weighted by Crippen LogP contribution is -2.32. The van der Waals surface area contributed by atoms with Gasteiger partial charge in [0.25, 0.3) is 0 Å². The highest BCUT2D eigenvalue weighted by Crippen LogP contribution is 2.12. The second kappa shape index (κ2) is 13.7. The summed E-state index contributed by atoms with van der Waals surface area (Å²) in [5.41, 5.74) is 2.60. The monoisotopic (exact) mass is 429 g/mol. The van der Waals surface area contributed by atoms with Gasteiger partial charge in [0.1, 0.15) is 0 Å². The molecule has 0 amide bonds. The molecular weight excluding hydrogens is 402 g/mol. The van der Waals surface area contributed by atoms with Crippen molar-refractivity contribution >= 4 is 17.9 Å². The molecule has 8 nitrogen and oxygen atoms in total. The summed E-state index contributed by atoms with van der Waals surface area (Å²) >= 11 is 0. The van der Waals surface area contributed by atoms with Crippen LogP contribution in [-0.4, -0.2) is 52.9 Å². The lowest BCUT2D eigenvalue weighted by Gasteiger charge is -2.17. The number of carbonyl (C=O) groups is 3. The first-order valence-electron chi connectivity index (χ1n) is 9.50. The van der Waals surface area contributed by atoms with Crippen LogP contribution in [0.15, 0.2) is 66.7 Å². The molecule has 0 aliphatic rings. The third-order valence-corrected chi connectivity index (χ3v) is 4.13. The molecule has 0 aliphatic heterocycles. The quantitative estimate of drug-likeness (QED) is 0.353. The van der Waals surface area contributed by atoms with Crippen LogP contribution in [0.5, 0.6) is 0 Å². The first-order chi connectivity index (χ1) is 14.7. The molecule has 4 N–H and O–H groups in total.